The lowest BCUT2D eigenvalue weighted by Gasteiger charge is -2.15. The van der Waals surface area contributed by atoms with Crippen molar-refractivity contribution in [3.63, 3.8) is 0 Å². The summed E-state index contributed by atoms with van der Waals surface area (Å²) in [6.07, 6.45) is -3.60. The highest BCUT2D eigenvalue weighted by Crippen LogP contribution is 2.36. The molecule has 3 aromatic rings. The first-order valence-corrected chi connectivity index (χ1v) is 8.76. The zero-order valence-corrected chi connectivity index (χ0v) is 14.2. The van der Waals surface area contributed by atoms with Gasteiger partial charge in [0.25, 0.3) is 10.0 Å². The molecular weight excluding hydrogens is 395 g/mol. The summed E-state index contributed by atoms with van der Waals surface area (Å²) in [5.74, 6) is 0. The van der Waals surface area contributed by atoms with Gasteiger partial charge in [0.15, 0.2) is 0 Å². The standard InChI is InChI=1S/C14H9ClF3N5O2S/c15-9-4-5-13(12(6-9)14(16,17)18)26(24,25)20-10-2-1-3-11(7-10)23-8-19-21-22-23/h1-8,20H. The van der Waals surface area contributed by atoms with Crippen molar-refractivity contribution >= 4 is 27.3 Å². The van der Waals surface area contributed by atoms with E-state index in [1.165, 1.54) is 29.2 Å². The van der Waals surface area contributed by atoms with E-state index in [0.29, 0.717) is 11.8 Å². The van der Waals surface area contributed by atoms with Crippen LogP contribution < -0.4 is 4.72 Å². The lowest BCUT2D eigenvalue weighted by molar-refractivity contribution is -0.139. The Morgan fingerprint density at radius 2 is 1.88 bits per heavy atom. The second kappa shape index (κ2) is 6.57. The molecule has 12 heteroatoms. The van der Waals surface area contributed by atoms with Crippen LogP contribution >= 0.6 is 11.6 Å². The fourth-order valence-electron chi connectivity index (χ4n) is 2.16. The zero-order chi connectivity index (χ0) is 18.9. The molecule has 0 spiro atoms. The van der Waals surface area contributed by atoms with Crippen molar-refractivity contribution in [3.8, 4) is 5.69 Å². The monoisotopic (exact) mass is 403 g/mol. The third-order valence-electron chi connectivity index (χ3n) is 3.25. The van der Waals surface area contributed by atoms with Crippen molar-refractivity contribution in [3.05, 3.63) is 59.4 Å². The number of anilines is 1. The topological polar surface area (TPSA) is 89.8 Å². The summed E-state index contributed by atoms with van der Waals surface area (Å²) in [6.45, 7) is 0. The molecule has 0 aliphatic carbocycles. The average Bonchev–Trinajstić information content (AvgIpc) is 3.08. The molecule has 1 aromatic heterocycles. The van der Waals surface area contributed by atoms with Crippen LogP contribution in [0.3, 0.4) is 0 Å². The van der Waals surface area contributed by atoms with Crippen LogP contribution in [0.5, 0.6) is 0 Å². The van der Waals surface area contributed by atoms with Gasteiger partial charge in [-0.3, -0.25) is 4.72 Å². The predicted octanol–water partition coefficient (Wildman–Crippen LogP) is 3.14. The highest BCUT2D eigenvalue weighted by atomic mass is 35.5. The number of nitrogens with one attached hydrogen (secondary N) is 1. The van der Waals surface area contributed by atoms with Gasteiger partial charge >= 0.3 is 6.18 Å². The minimum Gasteiger partial charge on any atom is -0.280 e. The molecule has 0 unspecified atom stereocenters. The fraction of sp³-hybridized carbons (Fsp3) is 0.0714. The Morgan fingerprint density at radius 1 is 1.12 bits per heavy atom. The van der Waals surface area contributed by atoms with Gasteiger partial charge in [-0.2, -0.15) is 13.2 Å². The molecule has 1 heterocycles. The molecule has 0 atom stereocenters. The first-order chi connectivity index (χ1) is 12.2. The van der Waals surface area contributed by atoms with Crippen LogP contribution in [0.2, 0.25) is 5.02 Å². The molecule has 7 nitrogen and oxygen atoms in total. The molecule has 0 fully saturated rings. The maximum atomic E-state index is 13.2. The number of alkyl halides is 3. The Balaban J connectivity index is 2.00. The molecular formula is C14H9ClF3N5O2S. The molecule has 3 rings (SSSR count). The number of nitrogens with zero attached hydrogens (tertiary/aromatic N) is 4. The van der Waals surface area contributed by atoms with E-state index in [2.05, 4.69) is 20.2 Å². The maximum absolute atomic E-state index is 13.2. The molecule has 26 heavy (non-hydrogen) atoms. The molecule has 0 aliphatic heterocycles. The van der Waals surface area contributed by atoms with Gasteiger partial charge in [0.1, 0.15) is 6.33 Å². The minimum atomic E-state index is -4.89. The van der Waals surface area contributed by atoms with Crippen LogP contribution in [-0.4, -0.2) is 28.6 Å². The van der Waals surface area contributed by atoms with Gasteiger partial charge in [-0.25, -0.2) is 13.1 Å². The summed E-state index contributed by atoms with van der Waals surface area (Å²) in [7, 11) is -4.52. The Kier molecular flexibility index (Phi) is 4.59. The van der Waals surface area contributed by atoms with Crippen molar-refractivity contribution in [1.29, 1.82) is 0 Å². The van der Waals surface area contributed by atoms with Gasteiger partial charge < -0.3 is 0 Å². The second-order valence-electron chi connectivity index (χ2n) is 5.05. The first-order valence-electron chi connectivity index (χ1n) is 6.90. The molecule has 2 aromatic carbocycles. The van der Waals surface area contributed by atoms with E-state index in [-0.39, 0.29) is 10.7 Å². The number of benzene rings is 2. The quantitative estimate of drug-likeness (QED) is 0.722. The molecule has 0 radical (unpaired) electrons. The molecule has 0 amide bonds. The Labute approximate surface area is 150 Å². The van der Waals surface area contributed by atoms with Crippen LogP contribution in [-0.2, 0) is 16.2 Å². The molecule has 0 aliphatic rings. The number of hydrogen-bond acceptors (Lipinski definition) is 5. The molecule has 0 bridgehead atoms. The van der Waals surface area contributed by atoms with E-state index < -0.39 is 26.7 Å². The zero-order valence-electron chi connectivity index (χ0n) is 12.6. The van der Waals surface area contributed by atoms with Crippen molar-refractivity contribution < 1.29 is 21.6 Å². The van der Waals surface area contributed by atoms with Gasteiger partial charge in [0.2, 0.25) is 0 Å². The van der Waals surface area contributed by atoms with Crippen molar-refractivity contribution in [2.75, 3.05) is 4.72 Å². The fourth-order valence-corrected chi connectivity index (χ4v) is 3.59. The Morgan fingerprint density at radius 3 is 2.54 bits per heavy atom. The number of tetrazole rings is 1. The molecule has 136 valence electrons. The van der Waals surface area contributed by atoms with Crippen LogP contribution in [0.15, 0.2) is 53.7 Å². The molecule has 0 saturated carbocycles. The van der Waals surface area contributed by atoms with E-state index in [4.69, 9.17) is 11.6 Å². The van der Waals surface area contributed by atoms with E-state index in [1.54, 1.807) is 6.07 Å². The highest BCUT2D eigenvalue weighted by Gasteiger charge is 2.37. The number of halogens is 4. The van der Waals surface area contributed by atoms with Crippen molar-refractivity contribution in [1.82, 2.24) is 20.2 Å². The minimum absolute atomic E-state index is 0.0427. The summed E-state index contributed by atoms with van der Waals surface area (Å²) in [6, 6.07) is 8.29. The summed E-state index contributed by atoms with van der Waals surface area (Å²) in [5, 5.41) is 10.3. The maximum Gasteiger partial charge on any atom is 0.417 e. The SMILES string of the molecule is O=S(=O)(Nc1cccc(-n2cnnn2)c1)c1ccc(Cl)cc1C(F)(F)F. The Bertz CT molecular complexity index is 1040. The van der Waals surface area contributed by atoms with Gasteiger partial charge in [0.05, 0.1) is 21.8 Å². The number of aromatic nitrogens is 4. The highest BCUT2D eigenvalue weighted by molar-refractivity contribution is 7.92. The lowest BCUT2D eigenvalue weighted by Crippen LogP contribution is -2.19. The molecule has 0 saturated heterocycles. The summed E-state index contributed by atoms with van der Waals surface area (Å²) in [4.78, 5) is -0.928. The smallest absolute Gasteiger partial charge is 0.280 e. The second-order valence-corrected chi connectivity index (χ2v) is 7.14. The summed E-state index contributed by atoms with van der Waals surface area (Å²) >= 11 is 5.57. The number of sulfonamides is 1. The van der Waals surface area contributed by atoms with Crippen molar-refractivity contribution in [2.45, 2.75) is 11.1 Å². The first kappa shape index (κ1) is 18.1. The van der Waals surface area contributed by atoms with Gasteiger partial charge in [-0.05, 0) is 46.8 Å². The van der Waals surface area contributed by atoms with Gasteiger partial charge in [-0.1, -0.05) is 17.7 Å². The summed E-state index contributed by atoms with van der Waals surface area (Å²) < 4.78 is 67.8. The van der Waals surface area contributed by atoms with Crippen molar-refractivity contribution in [2.24, 2.45) is 0 Å². The lowest BCUT2D eigenvalue weighted by atomic mass is 10.2. The average molecular weight is 404 g/mol. The Hall–Kier alpha value is -2.66. The van der Waals surface area contributed by atoms with E-state index in [0.717, 1.165) is 12.1 Å². The largest absolute Gasteiger partial charge is 0.417 e. The number of hydrogen-bond donors (Lipinski definition) is 1. The number of rotatable bonds is 4. The third kappa shape index (κ3) is 3.78. The van der Waals surface area contributed by atoms with Crippen LogP contribution in [0, 0.1) is 0 Å². The van der Waals surface area contributed by atoms with Gasteiger partial charge in [0, 0.05) is 5.02 Å². The van der Waals surface area contributed by atoms with Crippen LogP contribution in [0.25, 0.3) is 5.69 Å². The molecule has 1 N–H and O–H groups in total. The van der Waals surface area contributed by atoms with Gasteiger partial charge in [-0.15, -0.1) is 5.10 Å². The van der Waals surface area contributed by atoms with E-state index in [1.807, 2.05) is 0 Å². The van der Waals surface area contributed by atoms with E-state index >= 15 is 0 Å². The predicted molar refractivity (Wildman–Crippen MR) is 86.4 cm³/mol. The summed E-state index contributed by atoms with van der Waals surface area (Å²) in [5.41, 5.74) is -0.891. The normalized spacial score (nSPS) is 12.2. The van der Waals surface area contributed by atoms with E-state index in [9.17, 15) is 21.6 Å². The van der Waals surface area contributed by atoms with Crippen LogP contribution in [0.1, 0.15) is 5.56 Å². The van der Waals surface area contributed by atoms with Crippen LogP contribution in [0.4, 0.5) is 18.9 Å². The third-order valence-corrected chi connectivity index (χ3v) is 4.92.